The number of thioether (sulfide) groups is 2. The van der Waals surface area contributed by atoms with E-state index in [0.29, 0.717) is 0 Å². The van der Waals surface area contributed by atoms with Gasteiger partial charge < -0.3 is 0 Å². The van der Waals surface area contributed by atoms with Crippen molar-refractivity contribution in [1.82, 2.24) is 0 Å². The van der Waals surface area contributed by atoms with E-state index in [1.807, 2.05) is 0 Å². The van der Waals surface area contributed by atoms with Gasteiger partial charge in [-0.15, -0.1) is 0 Å². The summed E-state index contributed by atoms with van der Waals surface area (Å²) in [5.41, 5.74) is 0. The average molecular weight is 341 g/mol. The van der Waals surface area contributed by atoms with Crippen molar-refractivity contribution in [3.63, 3.8) is 0 Å². The number of hydrogen-bond acceptors (Lipinski definition) is 2. The molecule has 3 saturated carbocycles. The smallest absolute Gasteiger partial charge is 0.0169 e. The normalized spacial score (nSPS) is 43.9. The fraction of sp³-hybridized carbons (Fsp3) is 1.00. The quantitative estimate of drug-likeness (QED) is 0.544. The Labute approximate surface area is 147 Å². The summed E-state index contributed by atoms with van der Waals surface area (Å²) in [6.45, 7) is 4.90. The highest BCUT2D eigenvalue weighted by Crippen LogP contribution is 2.45. The molecule has 0 heterocycles. The molecule has 128 valence electrons. The summed E-state index contributed by atoms with van der Waals surface area (Å²) in [7, 11) is 0. The van der Waals surface area contributed by atoms with E-state index in [-0.39, 0.29) is 0 Å². The van der Waals surface area contributed by atoms with E-state index in [1.165, 1.54) is 77.0 Å². The maximum Gasteiger partial charge on any atom is 0.0169 e. The number of hydrogen-bond donors (Lipinski definition) is 0. The summed E-state index contributed by atoms with van der Waals surface area (Å²) in [6, 6.07) is 0. The van der Waals surface area contributed by atoms with Gasteiger partial charge in [-0.05, 0) is 76.0 Å². The van der Waals surface area contributed by atoms with Gasteiger partial charge in [0.25, 0.3) is 0 Å². The molecular formula is C20H36S2. The first-order valence-corrected chi connectivity index (χ1v) is 11.9. The van der Waals surface area contributed by atoms with Crippen LogP contribution in [-0.2, 0) is 0 Å². The first kappa shape index (κ1) is 17.5. The van der Waals surface area contributed by atoms with Crippen molar-refractivity contribution in [2.24, 2.45) is 11.8 Å². The zero-order valence-electron chi connectivity index (χ0n) is 14.8. The largest absolute Gasteiger partial charge is 0.154 e. The van der Waals surface area contributed by atoms with E-state index < -0.39 is 0 Å². The lowest BCUT2D eigenvalue weighted by molar-refractivity contribution is 0.389. The van der Waals surface area contributed by atoms with E-state index in [2.05, 4.69) is 37.4 Å². The SMILES string of the molecule is CC1CCC(SC2CCCCC2SC2CCC(C)CC2)CC1. The second-order valence-corrected chi connectivity index (χ2v) is 11.5. The molecule has 0 spiro atoms. The van der Waals surface area contributed by atoms with Gasteiger partial charge in [-0.3, -0.25) is 0 Å². The van der Waals surface area contributed by atoms with Gasteiger partial charge in [-0.1, -0.05) is 26.7 Å². The van der Waals surface area contributed by atoms with Gasteiger partial charge in [0, 0.05) is 21.0 Å². The van der Waals surface area contributed by atoms with Crippen LogP contribution in [-0.4, -0.2) is 21.0 Å². The van der Waals surface area contributed by atoms with Crippen molar-refractivity contribution in [2.75, 3.05) is 0 Å². The van der Waals surface area contributed by atoms with Gasteiger partial charge in [0.05, 0.1) is 0 Å². The zero-order valence-corrected chi connectivity index (χ0v) is 16.4. The maximum atomic E-state index is 2.45. The van der Waals surface area contributed by atoms with Crippen LogP contribution in [0.25, 0.3) is 0 Å². The summed E-state index contributed by atoms with van der Waals surface area (Å²) in [5, 5.41) is 3.95. The molecule has 3 aliphatic carbocycles. The van der Waals surface area contributed by atoms with Gasteiger partial charge in [0.2, 0.25) is 0 Å². The summed E-state index contributed by atoms with van der Waals surface area (Å²) < 4.78 is 0. The molecule has 0 radical (unpaired) electrons. The van der Waals surface area contributed by atoms with Crippen molar-refractivity contribution in [1.29, 1.82) is 0 Å². The molecule has 0 saturated heterocycles. The second kappa shape index (κ2) is 8.70. The van der Waals surface area contributed by atoms with Gasteiger partial charge in [0.1, 0.15) is 0 Å². The van der Waals surface area contributed by atoms with Crippen LogP contribution in [0.1, 0.15) is 90.9 Å². The minimum Gasteiger partial charge on any atom is -0.154 e. The van der Waals surface area contributed by atoms with Gasteiger partial charge in [0.15, 0.2) is 0 Å². The molecule has 0 amide bonds. The molecule has 0 aromatic carbocycles. The van der Waals surface area contributed by atoms with Crippen LogP contribution in [0.3, 0.4) is 0 Å². The van der Waals surface area contributed by atoms with Crippen LogP contribution < -0.4 is 0 Å². The Bertz CT molecular complexity index is 282. The second-order valence-electron chi connectivity index (χ2n) is 8.40. The molecular weight excluding hydrogens is 304 g/mol. The highest BCUT2D eigenvalue weighted by Gasteiger charge is 2.32. The van der Waals surface area contributed by atoms with E-state index in [0.717, 1.165) is 32.8 Å². The van der Waals surface area contributed by atoms with Crippen LogP contribution in [0.4, 0.5) is 0 Å². The minimum atomic E-state index is 0.983. The Hall–Kier alpha value is 0.700. The van der Waals surface area contributed by atoms with E-state index in [9.17, 15) is 0 Å². The van der Waals surface area contributed by atoms with Crippen LogP contribution in [0.2, 0.25) is 0 Å². The molecule has 0 aromatic rings. The molecule has 2 atom stereocenters. The standard InChI is InChI=1S/C20H36S2/c1-15-7-11-17(12-8-15)21-19-5-3-4-6-20(19)22-18-13-9-16(2)10-14-18/h15-20H,3-14H2,1-2H3. The summed E-state index contributed by atoms with van der Waals surface area (Å²) in [5.74, 6) is 2.00. The third kappa shape index (κ3) is 5.10. The van der Waals surface area contributed by atoms with Crippen molar-refractivity contribution in [3.05, 3.63) is 0 Å². The fourth-order valence-corrected chi connectivity index (χ4v) is 8.29. The van der Waals surface area contributed by atoms with Crippen LogP contribution >= 0.6 is 23.5 Å². The van der Waals surface area contributed by atoms with Crippen LogP contribution in [0.5, 0.6) is 0 Å². The van der Waals surface area contributed by atoms with Gasteiger partial charge in [-0.2, -0.15) is 23.5 Å². The third-order valence-corrected chi connectivity index (χ3v) is 10.0. The van der Waals surface area contributed by atoms with Crippen molar-refractivity contribution >= 4 is 23.5 Å². The highest BCUT2D eigenvalue weighted by molar-refractivity contribution is 8.04. The van der Waals surface area contributed by atoms with Crippen molar-refractivity contribution in [3.8, 4) is 0 Å². The molecule has 3 rings (SSSR count). The summed E-state index contributed by atoms with van der Waals surface area (Å²) in [4.78, 5) is 0. The molecule has 0 nitrogen and oxygen atoms in total. The predicted octanol–water partition coefficient (Wildman–Crippen LogP) is 6.92. The first-order valence-electron chi connectivity index (χ1n) is 10.0. The van der Waals surface area contributed by atoms with Crippen molar-refractivity contribution < 1.29 is 0 Å². The summed E-state index contributed by atoms with van der Waals surface area (Å²) in [6.07, 6.45) is 18.0. The molecule has 2 unspecified atom stereocenters. The predicted molar refractivity (Wildman–Crippen MR) is 104 cm³/mol. The molecule has 0 aliphatic heterocycles. The molecule has 0 N–H and O–H groups in total. The Morgan fingerprint density at radius 1 is 0.500 bits per heavy atom. The van der Waals surface area contributed by atoms with E-state index in [4.69, 9.17) is 0 Å². The monoisotopic (exact) mass is 340 g/mol. The molecule has 0 bridgehead atoms. The first-order chi connectivity index (χ1) is 10.7. The lowest BCUT2D eigenvalue weighted by Crippen LogP contribution is -2.30. The fourth-order valence-electron chi connectivity index (χ4n) is 4.60. The lowest BCUT2D eigenvalue weighted by Gasteiger charge is -2.38. The Kier molecular flexibility index (Phi) is 6.93. The van der Waals surface area contributed by atoms with Crippen LogP contribution in [0, 0.1) is 11.8 Å². The number of rotatable bonds is 4. The zero-order chi connectivity index (χ0) is 15.4. The Morgan fingerprint density at radius 3 is 1.23 bits per heavy atom. The molecule has 3 fully saturated rings. The van der Waals surface area contributed by atoms with Gasteiger partial charge in [-0.25, -0.2) is 0 Å². The maximum absolute atomic E-state index is 2.45. The van der Waals surface area contributed by atoms with Gasteiger partial charge >= 0.3 is 0 Å². The minimum absolute atomic E-state index is 0.983. The van der Waals surface area contributed by atoms with Crippen molar-refractivity contribution in [2.45, 2.75) is 112 Å². The molecule has 0 aromatic heterocycles. The topological polar surface area (TPSA) is 0 Å². The summed E-state index contributed by atoms with van der Waals surface area (Å²) >= 11 is 4.84. The third-order valence-electron chi connectivity index (χ3n) is 6.30. The molecule has 22 heavy (non-hydrogen) atoms. The highest BCUT2D eigenvalue weighted by atomic mass is 32.2. The van der Waals surface area contributed by atoms with Crippen LogP contribution in [0.15, 0.2) is 0 Å². The Morgan fingerprint density at radius 2 is 0.864 bits per heavy atom. The van der Waals surface area contributed by atoms with E-state index >= 15 is 0 Å². The Balaban J connectivity index is 1.48. The molecule has 2 heteroatoms. The average Bonchev–Trinajstić information content (AvgIpc) is 2.54. The lowest BCUT2D eigenvalue weighted by atomic mass is 9.90. The van der Waals surface area contributed by atoms with E-state index in [1.54, 1.807) is 0 Å². The molecule has 3 aliphatic rings.